The smallest absolute Gasteiger partial charge is 0.328 e. The summed E-state index contributed by atoms with van der Waals surface area (Å²) in [5, 5.41) is 10.3. The molecule has 2 aromatic rings. The van der Waals surface area contributed by atoms with Crippen LogP contribution in [0.15, 0.2) is 27.8 Å². The first kappa shape index (κ1) is 24.7. The van der Waals surface area contributed by atoms with E-state index in [-0.39, 0.29) is 41.2 Å². The summed E-state index contributed by atoms with van der Waals surface area (Å²) in [4.78, 5) is 58.1. The molecule has 0 spiro atoms. The van der Waals surface area contributed by atoms with Crippen molar-refractivity contribution in [2.24, 2.45) is 17.8 Å². The Kier molecular flexibility index (Phi) is 6.76. The van der Waals surface area contributed by atoms with Crippen molar-refractivity contribution in [3.05, 3.63) is 44.6 Å². The molecule has 9 heteroatoms. The van der Waals surface area contributed by atoms with E-state index in [1.165, 1.54) is 4.57 Å². The van der Waals surface area contributed by atoms with Gasteiger partial charge in [0.25, 0.3) is 5.56 Å². The lowest BCUT2D eigenvalue weighted by Gasteiger charge is -2.42. The number of fused-ring (bicyclic) bond motifs is 1. The van der Waals surface area contributed by atoms with Crippen LogP contribution in [-0.4, -0.2) is 61.9 Å². The number of aromatic nitrogens is 2. The van der Waals surface area contributed by atoms with Crippen LogP contribution in [0.3, 0.4) is 0 Å². The van der Waals surface area contributed by atoms with E-state index in [1.807, 2.05) is 16.7 Å². The number of carbonyl (C=O) groups is 2. The topological polar surface area (TPSA) is 116 Å². The van der Waals surface area contributed by atoms with Gasteiger partial charge in [0.05, 0.1) is 17.0 Å². The summed E-state index contributed by atoms with van der Waals surface area (Å²) in [5.74, 6) is 0.727. The van der Waals surface area contributed by atoms with Gasteiger partial charge in [-0.15, -0.1) is 0 Å². The number of nitrogens with one attached hydrogen (secondary N) is 1. The minimum atomic E-state index is -0.702. The Morgan fingerprint density at radius 1 is 1.03 bits per heavy atom. The number of benzene rings is 1. The number of piperazine rings is 1. The van der Waals surface area contributed by atoms with Crippen LogP contribution in [0.1, 0.15) is 64.0 Å². The normalized spacial score (nSPS) is 25.7. The third kappa shape index (κ3) is 4.85. The van der Waals surface area contributed by atoms with E-state index in [0.717, 1.165) is 38.5 Å². The summed E-state index contributed by atoms with van der Waals surface area (Å²) in [7, 11) is 0. The van der Waals surface area contributed by atoms with E-state index in [4.69, 9.17) is 0 Å². The first-order chi connectivity index (χ1) is 17.2. The van der Waals surface area contributed by atoms with Gasteiger partial charge in [0.2, 0.25) is 11.8 Å². The standard InChI is InChI=1S/C27H36N4O5/c1-16-14-29(11-12-30(16)25(34)20-7-8-20)24(33)19-5-3-18(4-6-19)15-31-26(35)22-13-21(17(2)32)9-10-23(22)28-27(31)36/h9-10,13,16-20,32H,3-8,11-12,14-15H2,1-2H3,(H,28,36)/t16-,17?,18?,19?/m0/s1. The first-order valence-electron chi connectivity index (χ1n) is 13.3. The maximum absolute atomic E-state index is 13.2. The van der Waals surface area contributed by atoms with Crippen LogP contribution in [0.2, 0.25) is 0 Å². The highest BCUT2D eigenvalue weighted by molar-refractivity contribution is 5.83. The zero-order chi connectivity index (χ0) is 25.6. The second-order valence-electron chi connectivity index (χ2n) is 11.0. The molecule has 1 unspecified atom stereocenters. The first-order valence-corrected chi connectivity index (χ1v) is 13.3. The van der Waals surface area contributed by atoms with Crippen LogP contribution >= 0.6 is 0 Å². The van der Waals surface area contributed by atoms with E-state index in [0.29, 0.717) is 42.6 Å². The average molecular weight is 497 g/mol. The van der Waals surface area contributed by atoms with Gasteiger partial charge < -0.3 is 19.9 Å². The lowest BCUT2D eigenvalue weighted by molar-refractivity contribution is -0.146. The van der Waals surface area contributed by atoms with Crippen LogP contribution < -0.4 is 11.2 Å². The van der Waals surface area contributed by atoms with E-state index in [9.17, 15) is 24.3 Å². The molecule has 2 N–H and O–H groups in total. The molecule has 2 atom stereocenters. The molecule has 1 aliphatic heterocycles. The van der Waals surface area contributed by atoms with Crippen molar-refractivity contribution in [3.8, 4) is 0 Å². The van der Waals surface area contributed by atoms with Crippen LogP contribution in [0.5, 0.6) is 0 Å². The predicted molar refractivity (Wildman–Crippen MR) is 135 cm³/mol. The van der Waals surface area contributed by atoms with Crippen molar-refractivity contribution in [1.29, 1.82) is 0 Å². The number of hydrogen-bond donors (Lipinski definition) is 2. The highest BCUT2D eigenvalue weighted by Crippen LogP contribution is 2.34. The van der Waals surface area contributed by atoms with Gasteiger partial charge in [-0.3, -0.25) is 19.0 Å². The Hall–Kier alpha value is -2.94. The van der Waals surface area contributed by atoms with Crippen molar-refractivity contribution in [2.75, 3.05) is 19.6 Å². The largest absolute Gasteiger partial charge is 0.389 e. The molecule has 2 amide bonds. The van der Waals surface area contributed by atoms with Crippen LogP contribution in [0.25, 0.3) is 10.9 Å². The Bertz CT molecular complexity index is 1270. The van der Waals surface area contributed by atoms with Gasteiger partial charge in [0.15, 0.2) is 0 Å². The van der Waals surface area contributed by atoms with Gasteiger partial charge in [-0.2, -0.15) is 0 Å². The summed E-state index contributed by atoms with van der Waals surface area (Å²) in [6.07, 6.45) is 4.33. The molecule has 2 heterocycles. The maximum atomic E-state index is 13.2. The number of aliphatic hydroxyl groups excluding tert-OH is 1. The van der Waals surface area contributed by atoms with Gasteiger partial charge in [0.1, 0.15) is 0 Å². The molecule has 1 aromatic heterocycles. The lowest BCUT2D eigenvalue weighted by Crippen LogP contribution is -2.57. The van der Waals surface area contributed by atoms with E-state index in [2.05, 4.69) is 4.98 Å². The third-order valence-electron chi connectivity index (χ3n) is 8.27. The summed E-state index contributed by atoms with van der Waals surface area (Å²) in [6, 6.07) is 5.05. The van der Waals surface area contributed by atoms with Gasteiger partial charge in [0, 0.05) is 44.1 Å². The quantitative estimate of drug-likeness (QED) is 0.657. The number of rotatable bonds is 5. The summed E-state index contributed by atoms with van der Waals surface area (Å²) >= 11 is 0. The van der Waals surface area contributed by atoms with E-state index >= 15 is 0 Å². The third-order valence-corrected chi connectivity index (χ3v) is 8.27. The summed E-state index contributed by atoms with van der Waals surface area (Å²) in [5.41, 5.74) is 0.322. The number of aliphatic hydroxyl groups is 1. The molecule has 3 aliphatic rings. The van der Waals surface area contributed by atoms with Crippen molar-refractivity contribution >= 4 is 22.7 Å². The van der Waals surface area contributed by atoms with Crippen LogP contribution in [0, 0.1) is 17.8 Å². The summed E-state index contributed by atoms with van der Waals surface area (Å²) < 4.78 is 1.26. The Morgan fingerprint density at radius 3 is 2.33 bits per heavy atom. The van der Waals surface area contributed by atoms with Gasteiger partial charge >= 0.3 is 5.69 Å². The fourth-order valence-electron chi connectivity index (χ4n) is 5.85. The molecule has 2 aliphatic carbocycles. The SMILES string of the molecule is CC(O)c1ccc2[nH]c(=O)n(CC3CCC(C(=O)N4CCN(C(=O)C5CC5)[C@@H](C)C4)CC3)c(=O)c2c1. The molecule has 5 rings (SSSR count). The minimum absolute atomic E-state index is 0.0423. The minimum Gasteiger partial charge on any atom is -0.389 e. The average Bonchev–Trinajstić information content (AvgIpc) is 3.71. The number of H-pyrrole nitrogens is 1. The highest BCUT2D eigenvalue weighted by Gasteiger charge is 2.39. The molecular formula is C27H36N4O5. The summed E-state index contributed by atoms with van der Waals surface area (Å²) in [6.45, 7) is 5.79. The highest BCUT2D eigenvalue weighted by atomic mass is 16.3. The molecule has 9 nitrogen and oxygen atoms in total. The van der Waals surface area contributed by atoms with Crippen molar-refractivity contribution in [2.45, 2.75) is 71.1 Å². The van der Waals surface area contributed by atoms with Crippen molar-refractivity contribution < 1.29 is 14.7 Å². The van der Waals surface area contributed by atoms with E-state index < -0.39 is 11.8 Å². The van der Waals surface area contributed by atoms with Crippen LogP contribution in [0.4, 0.5) is 0 Å². The van der Waals surface area contributed by atoms with Gasteiger partial charge in [-0.25, -0.2) is 4.79 Å². The monoisotopic (exact) mass is 496 g/mol. The zero-order valence-electron chi connectivity index (χ0n) is 21.1. The number of nitrogens with zero attached hydrogens (tertiary/aromatic N) is 3. The fraction of sp³-hybridized carbons (Fsp3) is 0.630. The number of amides is 2. The molecule has 3 fully saturated rings. The van der Waals surface area contributed by atoms with Gasteiger partial charge in [-0.1, -0.05) is 6.07 Å². The fourth-order valence-corrected chi connectivity index (χ4v) is 5.85. The molecule has 0 bridgehead atoms. The molecule has 1 saturated heterocycles. The zero-order valence-corrected chi connectivity index (χ0v) is 21.1. The molecule has 1 aromatic carbocycles. The second-order valence-corrected chi connectivity index (χ2v) is 11.0. The molecule has 2 saturated carbocycles. The Morgan fingerprint density at radius 2 is 1.69 bits per heavy atom. The van der Waals surface area contributed by atoms with Gasteiger partial charge in [-0.05, 0) is 76.0 Å². The molecule has 0 radical (unpaired) electrons. The number of carbonyl (C=O) groups excluding carboxylic acids is 2. The predicted octanol–water partition coefficient (Wildman–Crippen LogP) is 2.02. The van der Waals surface area contributed by atoms with Crippen LogP contribution in [-0.2, 0) is 16.1 Å². The molecule has 194 valence electrons. The van der Waals surface area contributed by atoms with Crippen molar-refractivity contribution in [3.63, 3.8) is 0 Å². The lowest BCUT2D eigenvalue weighted by atomic mass is 9.81. The maximum Gasteiger partial charge on any atom is 0.328 e. The number of aromatic amines is 1. The van der Waals surface area contributed by atoms with E-state index in [1.54, 1.807) is 25.1 Å². The molecular weight excluding hydrogens is 460 g/mol. The Balaban J connectivity index is 1.20. The molecule has 36 heavy (non-hydrogen) atoms. The van der Waals surface area contributed by atoms with Crippen molar-refractivity contribution in [1.82, 2.24) is 19.4 Å². The second kappa shape index (κ2) is 9.84. The Labute approximate surface area is 210 Å². The number of hydrogen-bond acceptors (Lipinski definition) is 5.